The molecule has 6 heteroatoms. The normalized spacial score (nSPS) is 24.6. The van der Waals surface area contributed by atoms with E-state index >= 15 is 0 Å². The molecule has 0 aliphatic carbocycles. The number of carbonyl (C=O) groups excluding carboxylic acids is 2. The molecule has 18 heavy (non-hydrogen) atoms. The molecule has 1 saturated heterocycles. The Labute approximate surface area is 108 Å². The summed E-state index contributed by atoms with van der Waals surface area (Å²) in [5, 5.41) is 8.83. The van der Waals surface area contributed by atoms with Gasteiger partial charge in [0.2, 0.25) is 11.8 Å². The van der Waals surface area contributed by atoms with E-state index in [1.54, 1.807) is 0 Å². The van der Waals surface area contributed by atoms with Gasteiger partial charge in [-0.25, -0.2) is 0 Å². The largest absolute Gasteiger partial charge is 0.355 e. The molecule has 2 atom stereocenters. The predicted octanol–water partition coefficient (Wildman–Crippen LogP) is -1.08. The van der Waals surface area contributed by atoms with Crippen LogP contribution in [0.25, 0.3) is 0 Å². The molecule has 3 N–H and O–H groups in total. The van der Waals surface area contributed by atoms with Crippen LogP contribution in [0, 0.1) is 0 Å². The van der Waals surface area contributed by atoms with Gasteiger partial charge in [-0.05, 0) is 13.8 Å². The van der Waals surface area contributed by atoms with Gasteiger partial charge in [-0.2, -0.15) is 0 Å². The van der Waals surface area contributed by atoms with Gasteiger partial charge in [-0.3, -0.25) is 14.5 Å². The molecule has 0 bridgehead atoms. The van der Waals surface area contributed by atoms with E-state index in [2.05, 4.69) is 34.7 Å². The van der Waals surface area contributed by atoms with Crippen molar-refractivity contribution in [3.63, 3.8) is 0 Å². The molecule has 1 heterocycles. The van der Waals surface area contributed by atoms with E-state index < -0.39 is 0 Å². The first-order valence-corrected chi connectivity index (χ1v) is 6.47. The van der Waals surface area contributed by atoms with Gasteiger partial charge in [0.1, 0.15) is 0 Å². The van der Waals surface area contributed by atoms with Crippen LogP contribution in [0.3, 0.4) is 0 Å². The molecule has 0 aromatic carbocycles. The second kappa shape index (κ2) is 7.33. The van der Waals surface area contributed by atoms with Crippen LogP contribution in [-0.2, 0) is 9.59 Å². The van der Waals surface area contributed by atoms with Crippen LogP contribution >= 0.6 is 0 Å². The molecule has 0 radical (unpaired) electrons. The Hall–Kier alpha value is -1.14. The van der Waals surface area contributed by atoms with Gasteiger partial charge >= 0.3 is 0 Å². The fourth-order valence-corrected chi connectivity index (χ4v) is 2.00. The van der Waals surface area contributed by atoms with Gasteiger partial charge in [0, 0.05) is 45.2 Å². The monoisotopic (exact) mass is 256 g/mol. The summed E-state index contributed by atoms with van der Waals surface area (Å²) in [7, 11) is 0. The molecule has 1 rings (SSSR count). The van der Waals surface area contributed by atoms with Crippen molar-refractivity contribution in [3.8, 4) is 0 Å². The number of rotatable bonds is 5. The molecule has 0 aromatic heterocycles. The third kappa shape index (κ3) is 5.46. The molecular formula is C12H24N4O2. The maximum Gasteiger partial charge on any atom is 0.234 e. The zero-order valence-electron chi connectivity index (χ0n) is 11.5. The molecule has 2 amide bonds. The molecule has 0 saturated carbocycles. The fourth-order valence-electron chi connectivity index (χ4n) is 2.00. The van der Waals surface area contributed by atoms with Crippen molar-refractivity contribution >= 4 is 11.8 Å². The van der Waals surface area contributed by atoms with Crippen molar-refractivity contribution in [1.82, 2.24) is 20.9 Å². The lowest BCUT2D eigenvalue weighted by Crippen LogP contribution is -2.56. The summed E-state index contributed by atoms with van der Waals surface area (Å²) >= 11 is 0. The lowest BCUT2D eigenvalue weighted by Gasteiger charge is -2.36. The van der Waals surface area contributed by atoms with Gasteiger partial charge < -0.3 is 16.0 Å². The van der Waals surface area contributed by atoms with Crippen molar-refractivity contribution in [2.24, 2.45) is 0 Å². The minimum atomic E-state index is -0.0752. The first-order chi connectivity index (χ1) is 8.49. The van der Waals surface area contributed by atoms with Gasteiger partial charge in [0.25, 0.3) is 0 Å². The van der Waals surface area contributed by atoms with Gasteiger partial charge in [-0.1, -0.05) is 0 Å². The smallest absolute Gasteiger partial charge is 0.234 e. The number of nitrogens with one attached hydrogen (secondary N) is 3. The second-order valence-electron chi connectivity index (χ2n) is 4.92. The lowest BCUT2D eigenvalue weighted by molar-refractivity contribution is -0.123. The van der Waals surface area contributed by atoms with Crippen molar-refractivity contribution in [2.45, 2.75) is 32.9 Å². The first kappa shape index (κ1) is 14.9. The van der Waals surface area contributed by atoms with Crippen LogP contribution in [0.4, 0.5) is 0 Å². The molecule has 2 unspecified atom stereocenters. The minimum absolute atomic E-state index is 0.0151. The minimum Gasteiger partial charge on any atom is -0.355 e. The van der Waals surface area contributed by atoms with E-state index in [0.29, 0.717) is 31.7 Å². The Morgan fingerprint density at radius 2 is 1.94 bits per heavy atom. The fraction of sp³-hybridized carbons (Fsp3) is 0.833. The molecule has 0 aromatic rings. The zero-order valence-corrected chi connectivity index (χ0v) is 11.5. The van der Waals surface area contributed by atoms with Crippen molar-refractivity contribution < 1.29 is 9.59 Å². The first-order valence-electron chi connectivity index (χ1n) is 6.47. The van der Waals surface area contributed by atoms with Crippen LogP contribution in [0.1, 0.15) is 20.8 Å². The number of hydrogen-bond acceptors (Lipinski definition) is 4. The number of amides is 2. The highest BCUT2D eigenvalue weighted by atomic mass is 16.2. The summed E-state index contributed by atoms with van der Waals surface area (Å²) in [6.45, 7) is 8.89. The average molecular weight is 256 g/mol. The van der Waals surface area contributed by atoms with E-state index in [4.69, 9.17) is 0 Å². The van der Waals surface area contributed by atoms with Crippen LogP contribution < -0.4 is 16.0 Å². The average Bonchev–Trinajstić information content (AvgIpc) is 2.29. The molecule has 104 valence electrons. The topological polar surface area (TPSA) is 73.5 Å². The molecule has 1 fully saturated rings. The summed E-state index contributed by atoms with van der Waals surface area (Å²) in [6, 6.07) is 0.802. The maximum atomic E-state index is 11.7. The molecule has 6 nitrogen and oxygen atoms in total. The van der Waals surface area contributed by atoms with Gasteiger partial charge in [0.15, 0.2) is 0 Å². The Balaban J connectivity index is 2.20. The van der Waals surface area contributed by atoms with Crippen LogP contribution in [0.15, 0.2) is 0 Å². The van der Waals surface area contributed by atoms with Crippen molar-refractivity contribution in [2.75, 3.05) is 32.7 Å². The molecular weight excluding hydrogens is 232 g/mol. The second-order valence-corrected chi connectivity index (χ2v) is 4.92. The van der Waals surface area contributed by atoms with E-state index in [1.165, 1.54) is 6.92 Å². The molecule has 0 spiro atoms. The van der Waals surface area contributed by atoms with Crippen LogP contribution in [0.5, 0.6) is 0 Å². The van der Waals surface area contributed by atoms with Crippen LogP contribution in [-0.4, -0.2) is 61.5 Å². The van der Waals surface area contributed by atoms with E-state index in [9.17, 15) is 9.59 Å². The summed E-state index contributed by atoms with van der Waals surface area (Å²) in [5.74, 6) is -0.0601. The Kier molecular flexibility index (Phi) is 6.07. The standard InChI is InChI=1S/C12H24N4O2/c1-9-7-16(10(2)6-15-9)8-12(18)14-5-4-13-11(3)17/h9-10,15H,4-8H2,1-3H3,(H,13,17)(H,14,18). The lowest BCUT2D eigenvalue weighted by atomic mass is 10.1. The number of piperazine rings is 1. The van der Waals surface area contributed by atoms with E-state index in [0.717, 1.165) is 13.1 Å². The van der Waals surface area contributed by atoms with Crippen molar-refractivity contribution in [3.05, 3.63) is 0 Å². The SMILES string of the molecule is CC(=O)NCCNC(=O)CN1CC(C)NCC1C. The van der Waals surface area contributed by atoms with Gasteiger partial charge in [0.05, 0.1) is 6.54 Å². The summed E-state index contributed by atoms with van der Waals surface area (Å²) in [6.07, 6.45) is 0. The molecule has 1 aliphatic heterocycles. The highest BCUT2D eigenvalue weighted by molar-refractivity contribution is 5.78. The Bertz CT molecular complexity index is 296. The zero-order chi connectivity index (χ0) is 13.5. The van der Waals surface area contributed by atoms with Crippen molar-refractivity contribution in [1.29, 1.82) is 0 Å². The highest BCUT2D eigenvalue weighted by Crippen LogP contribution is 2.05. The Morgan fingerprint density at radius 1 is 1.28 bits per heavy atom. The number of hydrogen-bond donors (Lipinski definition) is 3. The van der Waals surface area contributed by atoms with Gasteiger partial charge in [-0.15, -0.1) is 0 Å². The van der Waals surface area contributed by atoms with Crippen LogP contribution in [0.2, 0.25) is 0 Å². The third-order valence-electron chi connectivity index (χ3n) is 3.06. The summed E-state index contributed by atoms with van der Waals surface area (Å²) < 4.78 is 0. The summed E-state index contributed by atoms with van der Waals surface area (Å²) in [4.78, 5) is 24.5. The predicted molar refractivity (Wildman–Crippen MR) is 70.2 cm³/mol. The third-order valence-corrected chi connectivity index (χ3v) is 3.06. The maximum absolute atomic E-state index is 11.7. The van der Waals surface area contributed by atoms with E-state index in [1.807, 2.05) is 0 Å². The highest BCUT2D eigenvalue weighted by Gasteiger charge is 2.23. The number of carbonyl (C=O) groups is 2. The number of nitrogens with zero attached hydrogens (tertiary/aromatic N) is 1. The van der Waals surface area contributed by atoms with E-state index in [-0.39, 0.29) is 11.8 Å². The molecule has 1 aliphatic rings. The summed E-state index contributed by atoms with van der Waals surface area (Å²) in [5.41, 5.74) is 0. The Morgan fingerprint density at radius 3 is 2.61 bits per heavy atom. The quantitative estimate of drug-likeness (QED) is 0.547.